The van der Waals surface area contributed by atoms with E-state index >= 15 is 0 Å². The van der Waals surface area contributed by atoms with Gasteiger partial charge < -0.3 is 14.8 Å². The van der Waals surface area contributed by atoms with Gasteiger partial charge in [-0.3, -0.25) is 4.79 Å². The molecule has 1 aliphatic heterocycles. The lowest BCUT2D eigenvalue weighted by Gasteiger charge is -2.19. The van der Waals surface area contributed by atoms with Crippen LogP contribution in [-0.2, 0) is 22.6 Å². The van der Waals surface area contributed by atoms with E-state index < -0.39 is 5.60 Å². The molecule has 5 heteroatoms. The SMILES string of the molecule is CC(C)(C)OC(=O)c1ccc(COc2ccc3c(c2)NC(=O)CC3)cc1. The van der Waals surface area contributed by atoms with Crippen molar-refractivity contribution in [2.75, 3.05) is 5.32 Å². The lowest BCUT2D eigenvalue weighted by atomic mass is 10.0. The zero-order chi connectivity index (χ0) is 18.7. The summed E-state index contributed by atoms with van der Waals surface area (Å²) in [6.07, 6.45) is 1.28. The van der Waals surface area contributed by atoms with E-state index in [0.717, 1.165) is 23.2 Å². The maximum atomic E-state index is 12.0. The predicted molar refractivity (Wildman–Crippen MR) is 99.3 cm³/mol. The third-order valence-corrected chi connectivity index (χ3v) is 3.97. The molecule has 0 fully saturated rings. The van der Waals surface area contributed by atoms with Crippen LogP contribution in [0.1, 0.15) is 48.7 Å². The number of rotatable bonds is 4. The van der Waals surface area contributed by atoms with Crippen LogP contribution in [0.4, 0.5) is 5.69 Å². The first kappa shape index (κ1) is 18.0. The molecule has 1 amide bonds. The molecule has 0 aromatic heterocycles. The van der Waals surface area contributed by atoms with Crippen molar-refractivity contribution in [3.8, 4) is 5.75 Å². The molecular weight excluding hydrogens is 330 g/mol. The fourth-order valence-corrected chi connectivity index (χ4v) is 2.68. The minimum absolute atomic E-state index is 0.0346. The molecular formula is C21H23NO4. The number of carbonyl (C=O) groups is 2. The fourth-order valence-electron chi connectivity index (χ4n) is 2.68. The first-order valence-corrected chi connectivity index (χ1v) is 8.68. The van der Waals surface area contributed by atoms with Crippen LogP contribution in [-0.4, -0.2) is 17.5 Å². The van der Waals surface area contributed by atoms with Gasteiger partial charge in [-0.2, -0.15) is 0 Å². The smallest absolute Gasteiger partial charge is 0.338 e. The number of hydrogen-bond donors (Lipinski definition) is 1. The normalized spacial score (nSPS) is 13.6. The van der Waals surface area contributed by atoms with Crippen molar-refractivity contribution in [1.82, 2.24) is 0 Å². The van der Waals surface area contributed by atoms with E-state index in [1.54, 1.807) is 12.1 Å². The second-order valence-corrected chi connectivity index (χ2v) is 7.35. The molecule has 0 radical (unpaired) electrons. The first-order valence-electron chi connectivity index (χ1n) is 8.68. The Balaban J connectivity index is 1.61. The molecule has 1 aliphatic rings. The molecule has 0 aliphatic carbocycles. The van der Waals surface area contributed by atoms with E-state index in [4.69, 9.17) is 9.47 Å². The zero-order valence-electron chi connectivity index (χ0n) is 15.3. The molecule has 2 aromatic carbocycles. The second kappa shape index (κ2) is 7.20. The van der Waals surface area contributed by atoms with Gasteiger partial charge in [-0.1, -0.05) is 18.2 Å². The Bertz CT molecular complexity index is 819. The Morgan fingerprint density at radius 1 is 1.08 bits per heavy atom. The summed E-state index contributed by atoms with van der Waals surface area (Å²) < 4.78 is 11.2. The van der Waals surface area contributed by atoms with Crippen LogP contribution in [0, 0.1) is 0 Å². The molecule has 0 saturated heterocycles. The van der Waals surface area contributed by atoms with Crippen molar-refractivity contribution in [2.24, 2.45) is 0 Å². The Morgan fingerprint density at radius 2 is 1.81 bits per heavy atom. The number of aryl methyl sites for hydroxylation is 1. The monoisotopic (exact) mass is 353 g/mol. The van der Waals surface area contributed by atoms with Gasteiger partial charge in [0.25, 0.3) is 0 Å². The van der Waals surface area contributed by atoms with Crippen LogP contribution < -0.4 is 10.1 Å². The van der Waals surface area contributed by atoms with E-state index in [1.807, 2.05) is 51.1 Å². The van der Waals surface area contributed by atoms with Crippen molar-refractivity contribution in [1.29, 1.82) is 0 Å². The van der Waals surface area contributed by atoms with Gasteiger partial charge in [0.2, 0.25) is 5.91 Å². The third kappa shape index (κ3) is 4.63. The summed E-state index contributed by atoms with van der Waals surface area (Å²) in [5, 5.41) is 2.87. The molecule has 26 heavy (non-hydrogen) atoms. The molecule has 3 rings (SSSR count). The topological polar surface area (TPSA) is 64.6 Å². The van der Waals surface area contributed by atoms with Crippen LogP contribution in [0.15, 0.2) is 42.5 Å². The largest absolute Gasteiger partial charge is 0.489 e. The summed E-state index contributed by atoms with van der Waals surface area (Å²) in [4.78, 5) is 23.5. The number of nitrogens with one attached hydrogen (secondary N) is 1. The summed E-state index contributed by atoms with van der Waals surface area (Å²) in [7, 11) is 0. The van der Waals surface area contributed by atoms with Crippen molar-refractivity contribution in [3.63, 3.8) is 0 Å². The summed E-state index contributed by atoms with van der Waals surface area (Å²) in [6, 6.07) is 12.9. The maximum Gasteiger partial charge on any atom is 0.338 e. The molecule has 0 saturated carbocycles. The van der Waals surface area contributed by atoms with E-state index in [2.05, 4.69) is 5.32 Å². The van der Waals surface area contributed by atoms with Gasteiger partial charge in [0.05, 0.1) is 5.56 Å². The zero-order valence-corrected chi connectivity index (χ0v) is 15.3. The minimum Gasteiger partial charge on any atom is -0.489 e. The van der Waals surface area contributed by atoms with Gasteiger partial charge in [-0.15, -0.1) is 0 Å². The average molecular weight is 353 g/mol. The van der Waals surface area contributed by atoms with Gasteiger partial charge in [-0.05, 0) is 56.5 Å². The predicted octanol–water partition coefficient (Wildman–Crippen LogP) is 4.11. The average Bonchev–Trinajstić information content (AvgIpc) is 2.58. The Kier molecular flexibility index (Phi) is 4.98. The van der Waals surface area contributed by atoms with Crippen LogP contribution in [0.3, 0.4) is 0 Å². The van der Waals surface area contributed by atoms with E-state index in [0.29, 0.717) is 24.3 Å². The highest BCUT2D eigenvalue weighted by Crippen LogP contribution is 2.27. The Morgan fingerprint density at radius 3 is 2.50 bits per heavy atom. The third-order valence-electron chi connectivity index (χ3n) is 3.97. The Hall–Kier alpha value is -2.82. The van der Waals surface area contributed by atoms with Gasteiger partial charge in [-0.25, -0.2) is 4.79 Å². The summed E-state index contributed by atoms with van der Waals surface area (Å²) >= 11 is 0. The molecule has 0 bridgehead atoms. The van der Waals surface area contributed by atoms with Gasteiger partial charge in [0.1, 0.15) is 18.0 Å². The molecule has 0 atom stereocenters. The van der Waals surface area contributed by atoms with Crippen LogP contribution in [0.25, 0.3) is 0 Å². The van der Waals surface area contributed by atoms with E-state index in [9.17, 15) is 9.59 Å². The summed E-state index contributed by atoms with van der Waals surface area (Å²) in [5.41, 5.74) is 2.89. The highest BCUT2D eigenvalue weighted by atomic mass is 16.6. The van der Waals surface area contributed by atoms with E-state index in [1.165, 1.54) is 0 Å². The highest BCUT2D eigenvalue weighted by molar-refractivity contribution is 5.94. The van der Waals surface area contributed by atoms with Gasteiger partial charge in [0, 0.05) is 18.2 Å². The molecule has 136 valence electrons. The molecule has 0 unspecified atom stereocenters. The lowest BCUT2D eigenvalue weighted by molar-refractivity contribution is -0.116. The lowest BCUT2D eigenvalue weighted by Crippen LogP contribution is -2.23. The standard InChI is InChI=1S/C21H23NO4/c1-21(2,3)26-20(24)16-6-4-14(5-7-16)13-25-17-10-8-15-9-11-19(23)22-18(15)12-17/h4-8,10,12H,9,11,13H2,1-3H3,(H,22,23). The number of amides is 1. The minimum atomic E-state index is -0.513. The van der Waals surface area contributed by atoms with Crippen LogP contribution in [0.2, 0.25) is 0 Å². The number of fused-ring (bicyclic) bond motifs is 1. The van der Waals surface area contributed by atoms with Crippen molar-refractivity contribution < 1.29 is 19.1 Å². The number of esters is 1. The van der Waals surface area contributed by atoms with E-state index in [-0.39, 0.29) is 11.9 Å². The fraction of sp³-hybridized carbons (Fsp3) is 0.333. The molecule has 1 N–H and O–H groups in total. The van der Waals surface area contributed by atoms with Crippen molar-refractivity contribution in [3.05, 3.63) is 59.2 Å². The molecule has 1 heterocycles. The molecule has 2 aromatic rings. The first-order chi connectivity index (χ1) is 12.3. The number of carbonyl (C=O) groups excluding carboxylic acids is 2. The number of benzene rings is 2. The van der Waals surface area contributed by atoms with Crippen LogP contribution in [0.5, 0.6) is 5.75 Å². The highest BCUT2D eigenvalue weighted by Gasteiger charge is 2.18. The maximum absolute atomic E-state index is 12.0. The van der Waals surface area contributed by atoms with Crippen molar-refractivity contribution in [2.45, 2.75) is 45.8 Å². The molecule has 5 nitrogen and oxygen atoms in total. The number of anilines is 1. The summed E-state index contributed by atoms with van der Waals surface area (Å²) in [5.74, 6) is 0.393. The molecule has 0 spiro atoms. The number of hydrogen-bond acceptors (Lipinski definition) is 4. The number of ether oxygens (including phenoxy) is 2. The quantitative estimate of drug-likeness (QED) is 0.840. The second-order valence-electron chi connectivity index (χ2n) is 7.35. The Labute approximate surface area is 153 Å². The van der Waals surface area contributed by atoms with Gasteiger partial charge in [0.15, 0.2) is 0 Å². The van der Waals surface area contributed by atoms with Crippen molar-refractivity contribution >= 4 is 17.6 Å². The van der Waals surface area contributed by atoms with Gasteiger partial charge >= 0.3 is 5.97 Å². The van der Waals surface area contributed by atoms with Crippen LogP contribution >= 0.6 is 0 Å². The summed E-state index contributed by atoms with van der Waals surface area (Å²) in [6.45, 7) is 5.90.